The van der Waals surface area contributed by atoms with E-state index in [9.17, 15) is 4.79 Å². The molecule has 3 aromatic rings. The van der Waals surface area contributed by atoms with E-state index >= 15 is 0 Å². The number of hydrogen-bond acceptors (Lipinski definition) is 3. The minimum atomic E-state index is -0.0898. The second-order valence-electron chi connectivity index (χ2n) is 6.60. The summed E-state index contributed by atoms with van der Waals surface area (Å²) in [6.45, 7) is 8.80. The minimum Gasteiger partial charge on any atom is -0.491 e. The molecular formula is C21H24N2O2S. The summed E-state index contributed by atoms with van der Waals surface area (Å²) >= 11 is 1.73. The molecule has 0 aliphatic heterocycles. The van der Waals surface area contributed by atoms with Gasteiger partial charge >= 0.3 is 0 Å². The van der Waals surface area contributed by atoms with E-state index in [1.54, 1.807) is 11.3 Å². The molecule has 0 aliphatic carbocycles. The molecule has 136 valence electrons. The summed E-state index contributed by atoms with van der Waals surface area (Å²) in [7, 11) is 0. The molecule has 1 N–H and O–H groups in total. The lowest BCUT2D eigenvalue weighted by atomic mass is 10.2. The largest absolute Gasteiger partial charge is 0.491 e. The van der Waals surface area contributed by atoms with Gasteiger partial charge in [0, 0.05) is 22.0 Å². The molecule has 0 fully saturated rings. The number of nitrogens with zero attached hydrogens (tertiary/aromatic N) is 1. The Kier molecular flexibility index (Phi) is 5.47. The Bertz CT molecular complexity index is 878. The SMILES string of the molecule is Cc1cc(C(=O)Nc2ccc(OC(C)C)cc2)c(C)n1Cc1cccs1. The van der Waals surface area contributed by atoms with Crippen LogP contribution in [0.3, 0.4) is 0 Å². The van der Waals surface area contributed by atoms with Gasteiger partial charge in [0.15, 0.2) is 0 Å². The zero-order valence-corrected chi connectivity index (χ0v) is 16.4. The summed E-state index contributed by atoms with van der Waals surface area (Å²) in [5.74, 6) is 0.709. The molecule has 3 rings (SSSR count). The van der Waals surface area contributed by atoms with Crippen molar-refractivity contribution in [3.8, 4) is 5.75 Å². The maximum absolute atomic E-state index is 12.7. The van der Waals surface area contributed by atoms with Crippen LogP contribution in [0.1, 0.15) is 40.5 Å². The molecule has 4 nitrogen and oxygen atoms in total. The van der Waals surface area contributed by atoms with Crippen molar-refractivity contribution in [3.63, 3.8) is 0 Å². The van der Waals surface area contributed by atoms with Crippen LogP contribution in [0.5, 0.6) is 5.75 Å². The van der Waals surface area contributed by atoms with E-state index in [1.807, 2.05) is 58.0 Å². The van der Waals surface area contributed by atoms with Gasteiger partial charge in [-0.15, -0.1) is 11.3 Å². The third-order valence-electron chi connectivity index (χ3n) is 4.20. The number of hydrogen-bond donors (Lipinski definition) is 1. The van der Waals surface area contributed by atoms with Gasteiger partial charge in [-0.2, -0.15) is 0 Å². The summed E-state index contributed by atoms with van der Waals surface area (Å²) in [6, 6.07) is 13.6. The van der Waals surface area contributed by atoms with Crippen LogP contribution in [0.15, 0.2) is 47.8 Å². The fourth-order valence-electron chi connectivity index (χ4n) is 2.92. The van der Waals surface area contributed by atoms with Crippen molar-refractivity contribution in [3.05, 3.63) is 69.7 Å². The number of amides is 1. The number of aromatic nitrogens is 1. The van der Waals surface area contributed by atoms with Crippen molar-refractivity contribution in [2.24, 2.45) is 0 Å². The zero-order valence-electron chi connectivity index (χ0n) is 15.6. The van der Waals surface area contributed by atoms with Crippen LogP contribution < -0.4 is 10.1 Å². The number of rotatable bonds is 6. The fourth-order valence-corrected chi connectivity index (χ4v) is 3.61. The zero-order chi connectivity index (χ0) is 18.7. The molecule has 1 aromatic carbocycles. The molecule has 0 unspecified atom stereocenters. The topological polar surface area (TPSA) is 43.3 Å². The Morgan fingerprint density at radius 1 is 1.19 bits per heavy atom. The quantitative estimate of drug-likeness (QED) is 0.645. The Balaban J connectivity index is 1.73. The van der Waals surface area contributed by atoms with E-state index in [2.05, 4.69) is 27.4 Å². The van der Waals surface area contributed by atoms with Crippen LogP contribution in [0.2, 0.25) is 0 Å². The third kappa shape index (κ3) is 4.17. The van der Waals surface area contributed by atoms with Gasteiger partial charge in [0.05, 0.1) is 18.2 Å². The standard InChI is InChI=1S/C21H24N2O2S/c1-14(2)25-18-9-7-17(8-10-18)22-21(24)20-12-15(3)23(16(20)4)13-19-6-5-11-26-19/h5-12,14H,13H2,1-4H3,(H,22,24). The van der Waals surface area contributed by atoms with Gasteiger partial charge in [-0.05, 0) is 69.5 Å². The average molecular weight is 369 g/mol. The first-order valence-corrected chi connectivity index (χ1v) is 9.59. The second-order valence-corrected chi connectivity index (χ2v) is 7.63. The van der Waals surface area contributed by atoms with Gasteiger partial charge in [0.2, 0.25) is 0 Å². The number of aryl methyl sites for hydroxylation is 1. The first kappa shape index (κ1) is 18.3. The highest BCUT2D eigenvalue weighted by Crippen LogP contribution is 2.22. The molecule has 0 aliphatic rings. The highest BCUT2D eigenvalue weighted by molar-refractivity contribution is 7.09. The monoisotopic (exact) mass is 368 g/mol. The van der Waals surface area contributed by atoms with Crippen molar-refractivity contribution in [1.29, 1.82) is 0 Å². The molecular weight excluding hydrogens is 344 g/mol. The van der Waals surface area contributed by atoms with Crippen LogP contribution >= 0.6 is 11.3 Å². The van der Waals surface area contributed by atoms with Gasteiger partial charge in [-0.25, -0.2) is 0 Å². The Morgan fingerprint density at radius 2 is 1.92 bits per heavy atom. The summed E-state index contributed by atoms with van der Waals surface area (Å²) in [5.41, 5.74) is 3.53. The van der Waals surface area contributed by atoms with E-state index in [0.717, 1.165) is 29.4 Å². The summed E-state index contributed by atoms with van der Waals surface area (Å²) in [5, 5.41) is 5.05. The molecule has 0 saturated carbocycles. The second kappa shape index (κ2) is 7.79. The third-order valence-corrected chi connectivity index (χ3v) is 5.06. The molecule has 0 bridgehead atoms. The number of ether oxygens (including phenoxy) is 1. The summed E-state index contributed by atoms with van der Waals surface area (Å²) in [6.07, 6.45) is 0.129. The summed E-state index contributed by atoms with van der Waals surface area (Å²) < 4.78 is 7.81. The fraction of sp³-hybridized carbons (Fsp3) is 0.286. The number of carbonyl (C=O) groups excluding carboxylic acids is 1. The van der Waals surface area contributed by atoms with Crippen LogP contribution in [-0.2, 0) is 6.54 Å². The van der Waals surface area contributed by atoms with Crippen LogP contribution in [0.25, 0.3) is 0 Å². The lowest BCUT2D eigenvalue weighted by Crippen LogP contribution is -2.13. The smallest absolute Gasteiger partial charge is 0.257 e. The molecule has 26 heavy (non-hydrogen) atoms. The van der Waals surface area contributed by atoms with E-state index in [0.29, 0.717) is 5.56 Å². The minimum absolute atomic E-state index is 0.0898. The Hall–Kier alpha value is -2.53. The van der Waals surface area contributed by atoms with Gasteiger partial charge in [0.25, 0.3) is 5.91 Å². The molecule has 2 aromatic heterocycles. The van der Waals surface area contributed by atoms with Gasteiger partial charge in [-0.3, -0.25) is 4.79 Å². The first-order valence-electron chi connectivity index (χ1n) is 8.71. The van der Waals surface area contributed by atoms with E-state index in [1.165, 1.54) is 4.88 Å². The maximum atomic E-state index is 12.7. The number of nitrogens with one attached hydrogen (secondary N) is 1. The molecule has 2 heterocycles. The lowest BCUT2D eigenvalue weighted by Gasteiger charge is -2.11. The predicted octanol–water partition coefficient (Wildman–Crippen LogP) is 5.25. The van der Waals surface area contributed by atoms with E-state index in [4.69, 9.17) is 4.74 Å². The van der Waals surface area contributed by atoms with Gasteiger partial charge < -0.3 is 14.6 Å². The van der Waals surface area contributed by atoms with Gasteiger partial charge in [-0.1, -0.05) is 6.07 Å². The molecule has 0 spiro atoms. The van der Waals surface area contributed by atoms with Crippen LogP contribution in [0.4, 0.5) is 5.69 Å². The summed E-state index contributed by atoms with van der Waals surface area (Å²) in [4.78, 5) is 14.0. The number of anilines is 1. The van der Waals surface area contributed by atoms with Crippen molar-refractivity contribution in [2.75, 3.05) is 5.32 Å². The van der Waals surface area contributed by atoms with Crippen molar-refractivity contribution in [1.82, 2.24) is 4.57 Å². The van der Waals surface area contributed by atoms with Crippen molar-refractivity contribution in [2.45, 2.75) is 40.3 Å². The van der Waals surface area contributed by atoms with E-state index in [-0.39, 0.29) is 12.0 Å². The molecule has 1 amide bonds. The molecule has 0 saturated heterocycles. The first-order chi connectivity index (χ1) is 12.4. The van der Waals surface area contributed by atoms with Gasteiger partial charge in [0.1, 0.15) is 5.75 Å². The number of thiophene rings is 1. The van der Waals surface area contributed by atoms with Crippen molar-refractivity contribution >= 4 is 22.9 Å². The number of benzene rings is 1. The molecule has 0 atom stereocenters. The van der Waals surface area contributed by atoms with E-state index < -0.39 is 0 Å². The lowest BCUT2D eigenvalue weighted by molar-refractivity contribution is 0.102. The van der Waals surface area contributed by atoms with Crippen molar-refractivity contribution < 1.29 is 9.53 Å². The molecule has 0 radical (unpaired) electrons. The maximum Gasteiger partial charge on any atom is 0.257 e. The Morgan fingerprint density at radius 3 is 2.54 bits per heavy atom. The average Bonchev–Trinajstić information content (AvgIpc) is 3.20. The highest BCUT2D eigenvalue weighted by Gasteiger charge is 2.16. The normalized spacial score (nSPS) is 11.0. The van der Waals surface area contributed by atoms with Crippen LogP contribution in [0, 0.1) is 13.8 Å². The number of carbonyl (C=O) groups is 1. The van der Waals surface area contributed by atoms with Crippen LogP contribution in [-0.4, -0.2) is 16.6 Å². The predicted molar refractivity (Wildman–Crippen MR) is 107 cm³/mol. The molecule has 5 heteroatoms. The Labute approximate surface area is 158 Å². The highest BCUT2D eigenvalue weighted by atomic mass is 32.1.